The molecule has 0 rings (SSSR count). The minimum absolute atomic E-state index is 0.0525. The number of Topliss-reactive ketones (excluding diaryl/α,β-unsaturated/α-hetero) is 1. The maximum atomic E-state index is 12.9. The molecular formula is C31H50O7S. The van der Waals surface area contributed by atoms with Crippen molar-refractivity contribution in [2.75, 3.05) is 0 Å². The lowest BCUT2D eigenvalue weighted by molar-refractivity contribution is -0.137. The molecule has 0 unspecified atom stereocenters. The number of carboxylic acids is 2. The molecule has 7 nitrogen and oxygen atoms in total. The highest BCUT2D eigenvalue weighted by Crippen LogP contribution is 2.24. The molecule has 0 aromatic carbocycles. The number of aliphatic hydroxyl groups excluding tert-OH is 2. The highest BCUT2D eigenvalue weighted by Gasteiger charge is 2.29. The normalized spacial score (nSPS) is 18.8. The molecule has 0 fully saturated rings. The zero-order valence-corrected chi connectivity index (χ0v) is 25.5. The minimum Gasteiger partial charge on any atom is -0.481 e. The van der Waals surface area contributed by atoms with Gasteiger partial charge in [-0.05, 0) is 64.7 Å². The topological polar surface area (TPSA) is 132 Å². The van der Waals surface area contributed by atoms with E-state index in [0.717, 1.165) is 24.5 Å². The van der Waals surface area contributed by atoms with Gasteiger partial charge in [-0.3, -0.25) is 9.59 Å². The number of carbonyl (C=O) groups excluding carboxylic acids is 1. The van der Waals surface area contributed by atoms with Crippen molar-refractivity contribution in [3.8, 4) is 0 Å². The Bertz CT molecular complexity index is 918. The number of hydrogen-bond acceptors (Lipinski definition) is 6. The summed E-state index contributed by atoms with van der Waals surface area (Å²) in [6.45, 7) is 13.2. The van der Waals surface area contributed by atoms with Gasteiger partial charge in [0.05, 0.1) is 18.6 Å². The van der Waals surface area contributed by atoms with Crippen molar-refractivity contribution < 1.29 is 34.8 Å². The average molecular weight is 567 g/mol. The molecule has 0 spiro atoms. The van der Waals surface area contributed by atoms with Crippen molar-refractivity contribution in [1.29, 1.82) is 0 Å². The number of ketones is 1. The third kappa shape index (κ3) is 17.2. The molecule has 0 saturated carbocycles. The van der Waals surface area contributed by atoms with Gasteiger partial charge in [0.25, 0.3) is 0 Å². The Hall–Kier alpha value is -2.16. The number of thiol groups is 1. The van der Waals surface area contributed by atoms with E-state index in [0.29, 0.717) is 30.8 Å². The van der Waals surface area contributed by atoms with Crippen LogP contribution in [0.2, 0.25) is 0 Å². The van der Waals surface area contributed by atoms with E-state index in [2.05, 4.69) is 31.7 Å². The fourth-order valence-corrected chi connectivity index (χ4v) is 5.12. The van der Waals surface area contributed by atoms with E-state index in [4.69, 9.17) is 10.2 Å². The van der Waals surface area contributed by atoms with Crippen LogP contribution in [0.4, 0.5) is 0 Å². The van der Waals surface area contributed by atoms with E-state index >= 15 is 0 Å². The lowest BCUT2D eigenvalue weighted by Crippen LogP contribution is -2.34. The summed E-state index contributed by atoms with van der Waals surface area (Å²) in [4.78, 5) is 34.5. The van der Waals surface area contributed by atoms with Gasteiger partial charge in [0.2, 0.25) is 0 Å². The number of hydrogen-bond donors (Lipinski definition) is 5. The summed E-state index contributed by atoms with van der Waals surface area (Å²) in [5, 5.41) is 38.1. The van der Waals surface area contributed by atoms with Crippen molar-refractivity contribution in [3.63, 3.8) is 0 Å². The molecule has 222 valence electrons. The molecule has 0 amide bonds. The van der Waals surface area contributed by atoms with Gasteiger partial charge >= 0.3 is 11.9 Å². The Morgan fingerprint density at radius 2 is 1.51 bits per heavy atom. The SMILES string of the molecule is C/C(=C/[C@H](C)C/C=C/C(C)=C/[C@@H](C)C(=O)[C@@H](C)[C@H](O)[C@@H](C)C/C(C)=C/C(=O)O)CC[C@H](O)C[C@H](S)CC(=O)O. The predicted molar refractivity (Wildman–Crippen MR) is 160 cm³/mol. The summed E-state index contributed by atoms with van der Waals surface area (Å²) >= 11 is 4.23. The third-order valence-electron chi connectivity index (χ3n) is 6.80. The van der Waals surface area contributed by atoms with Gasteiger partial charge in [0.15, 0.2) is 0 Å². The molecule has 0 radical (unpaired) electrons. The van der Waals surface area contributed by atoms with Crippen LogP contribution in [0.5, 0.6) is 0 Å². The van der Waals surface area contributed by atoms with Gasteiger partial charge in [-0.1, -0.05) is 68.7 Å². The molecule has 0 aromatic rings. The predicted octanol–water partition coefficient (Wildman–Crippen LogP) is 6.03. The Balaban J connectivity index is 4.78. The zero-order chi connectivity index (χ0) is 30.3. The molecule has 0 aliphatic rings. The van der Waals surface area contributed by atoms with Crippen LogP contribution in [0.15, 0.2) is 47.1 Å². The van der Waals surface area contributed by atoms with E-state index in [1.165, 1.54) is 5.57 Å². The van der Waals surface area contributed by atoms with E-state index in [1.807, 2.05) is 39.8 Å². The van der Waals surface area contributed by atoms with Gasteiger partial charge in [-0.25, -0.2) is 4.79 Å². The maximum absolute atomic E-state index is 12.9. The Morgan fingerprint density at radius 1 is 0.897 bits per heavy atom. The van der Waals surface area contributed by atoms with Gasteiger partial charge in [0, 0.05) is 23.2 Å². The van der Waals surface area contributed by atoms with Gasteiger partial charge in [0.1, 0.15) is 5.78 Å². The number of rotatable bonds is 19. The monoisotopic (exact) mass is 566 g/mol. The Morgan fingerprint density at radius 3 is 2.08 bits per heavy atom. The summed E-state index contributed by atoms with van der Waals surface area (Å²) < 4.78 is 0. The summed E-state index contributed by atoms with van der Waals surface area (Å²) in [5.41, 5.74) is 2.79. The van der Waals surface area contributed by atoms with Crippen LogP contribution >= 0.6 is 12.6 Å². The van der Waals surface area contributed by atoms with Crippen LogP contribution in [0.3, 0.4) is 0 Å². The van der Waals surface area contributed by atoms with E-state index < -0.39 is 30.1 Å². The first kappa shape index (κ1) is 36.8. The summed E-state index contributed by atoms with van der Waals surface area (Å²) in [6.07, 6.45) is 10.7. The highest BCUT2D eigenvalue weighted by molar-refractivity contribution is 7.81. The van der Waals surface area contributed by atoms with E-state index in [9.17, 15) is 24.6 Å². The van der Waals surface area contributed by atoms with Crippen LogP contribution in [0, 0.1) is 23.7 Å². The van der Waals surface area contributed by atoms with Crippen LogP contribution in [0.1, 0.15) is 87.0 Å². The minimum atomic E-state index is -1.02. The number of allylic oxidation sites excluding steroid dienone is 7. The highest BCUT2D eigenvalue weighted by atomic mass is 32.1. The molecule has 4 N–H and O–H groups in total. The first-order chi connectivity index (χ1) is 18.0. The van der Waals surface area contributed by atoms with Crippen molar-refractivity contribution >= 4 is 30.4 Å². The number of aliphatic hydroxyl groups is 2. The summed E-state index contributed by atoms with van der Waals surface area (Å²) in [6, 6.07) is 0. The second-order valence-corrected chi connectivity index (χ2v) is 11.9. The lowest BCUT2D eigenvalue weighted by Gasteiger charge is -2.25. The second-order valence-electron chi connectivity index (χ2n) is 11.2. The van der Waals surface area contributed by atoms with Crippen molar-refractivity contribution in [1.82, 2.24) is 0 Å². The van der Waals surface area contributed by atoms with Gasteiger partial charge < -0.3 is 20.4 Å². The van der Waals surface area contributed by atoms with E-state index in [1.54, 1.807) is 13.8 Å². The lowest BCUT2D eigenvalue weighted by atomic mass is 9.83. The second kappa shape index (κ2) is 19.0. The van der Waals surface area contributed by atoms with Crippen LogP contribution in [-0.2, 0) is 14.4 Å². The van der Waals surface area contributed by atoms with Gasteiger partial charge in [-0.2, -0.15) is 12.6 Å². The Kier molecular flexibility index (Phi) is 18.0. The largest absolute Gasteiger partial charge is 0.481 e. The van der Waals surface area contributed by atoms with Crippen LogP contribution in [-0.4, -0.2) is 55.6 Å². The number of aliphatic carboxylic acids is 2. The average Bonchev–Trinajstić information content (AvgIpc) is 2.79. The summed E-state index contributed by atoms with van der Waals surface area (Å²) in [5.74, 6) is -2.86. The smallest absolute Gasteiger partial charge is 0.328 e. The molecule has 0 aliphatic carbocycles. The molecule has 0 saturated heterocycles. The van der Waals surface area contributed by atoms with Gasteiger partial charge in [-0.15, -0.1) is 0 Å². The maximum Gasteiger partial charge on any atom is 0.328 e. The van der Waals surface area contributed by atoms with Crippen LogP contribution < -0.4 is 0 Å². The molecule has 0 aromatic heterocycles. The molecular weight excluding hydrogens is 516 g/mol. The number of carboxylic acid groups (broad SMARTS) is 2. The number of carbonyl (C=O) groups is 3. The molecule has 7 atom stereocenters. The first-order valence-electron chi connectivity index (χ1n) is 13.7. The molecule has 0 heterocycles. The third-order valence-corrected chi connectivity index (χ3v) is 7.20. The fraction of sp³-hybridized carbons (Fsp3) is 0.645. The quantitative estimate of drug-likeness (QED) is 0.0558. The molecule has 0 aliphatic heterocycles. The molecule has 0 bridgehead atoms. The van der Waals surface area contributed by atoms with E-state index in [-0.39, 0.29) is 29.3 Å². The van der Waals surface area contributed by atoms with Crippen LogP contribution in [0.25, 0.3) is 0 Å². The Labute approximate surface area is 240 Å². The first-order valence-corrected chi connectivity index (χ1v) is 14.3. The zero-order valence-electron chi connectivity index (χ0n) is 24.6. The van der Waals surface area contributed by atoms with Crippen molar-refractivity contribution in [2.45, 2.75) is 104 Å². The van der Waals surface area contributed by atoms with Crippen molar-refractivity contribution in [3.05, 3.63) is 47.1 Å². The summed E-state index contributed by atoms with van der Waals surface area (Å²) in [7, 11) is 0. The van der Waals surface area contributed by atoms with Crippen molar-refractivity contribution in [2.24, 2.45) is 23.7 Å². The molecule has 8 heteroatoms. The molecule has 39 heavy (non-hydrogen) atoms. The standard InChI is InChI=1S/C31H50O7S/c1-19(13-21(3)11-12-26(32)17-27(39)18-29(35)36)9-8-10-20(2)14-23(5)30(37)25(7)31(38)24(6)15-22(4)16-28(33)34/h8,10,13-14,16,19,23-27,31-32,38-39H,9,11-12,15,17-18H2,1-7H3,(H,33,34)(H,35,36)/b10-8+,20-14+,21-13-,22-16+/t19-,23-,24+,25-,26+,27+,31-/m1/s1. The fourth-order valence-electron chi connectivity index (χ4n) is 4.72.